The van der Waals surface area contributed by atoms with Crippen LogP contribution in [0.4, 0.5) is 8.78 Å². The number of sulfonamides is 1. The highest BCUT2D eigenvalue weighted by molar-refractivity contribution is 9.10. The zero-order valence-corrected chi connectivity index (χ0v) is 16.0. The number of hydrogen-bond donors (Lipinski definition) is 0. The molecule has 1 fully saturated rings. The summed E-state index contributed by atoms with van der Waals surface area (Å²) < 4.78 is 59.4. The molecule has 1 unspecified atom stereocenters. The van der Waals surface area contributed by atoms with Crippen molar-refractivity contribution >= 4 is 26.0 Å². The molecule has 26 heavy (non-hydrogen) atoms. The van der Waals surface area contributed by atoms with E-state index in [4.69, 9.17) is 4.74 Å². The molecule has 0 saturated carbocycles. The largest absolute Gasteiger partial charge is 0.459 e. The van der Waals surface area contributed by atoms with Crippen molar-refractivity contribution in [1.82, 2.24) is 14.3 Å². The van der Waals surface area contributed by atoms with Crippen LogP contribution in [0.15, 0.2) is 35.1 Å². The molecule has 3 rings (SSSR count). The van der Waals surface area contributed by atoms with Crippen molar-refractivity contribution in [1.29, 1.82) is 0 Å². The van der Waals surface area contributed by atoms with Gasteiger partial charge in [0.2, 0.25) is 10.0 Å². The normalized spacial score (nSPS) is 18.7. The highest BCUT2D eigenvalue weighted by atomic mass is 79.9. The first-order valence-electron chi connectivity index (χ1n) is 7.89. The zero-order chi connectivity index (χ0) is 18.7. The lowest BCUT2D eigenvalue weighted by atomic mass is 10.1. The first kappa shape index (κ1) is 19.1. The number of aromatic nitrogens is 2. The summed E-state index contributed by atoms with van der Waals surface area (Å²) in [4.78, 5) is 8.03. The monoisotopic (exact) mass is 447 g/mol. The Morgan fingerprint density at radius 2 is 1.85 bits per heavy atom. The van der Waals surface area contributed by atoms with E-state index in [1.807, 2.05) is 0 Å². The van der Waals surface area contributed by atoms with Crippen molar-refractivity contribution in [3.8, 4) is 6.01 Å². The topological polar surface area (TPSA) is 72.4 Å². The molecular formula is C16H16BrF2N3O3S. The van der Waals surface area contributed by atoms with Crippen LogP contribution in [0.2, 0.25) is 0 Å². The summed E-state index contributed by atoms with van der Waals surface area (Å²) in [5, 5.41) is 0. The van der Waals surface area contributed by atoms with Crippen molar-refractivity contribution in [2.24, 2.45) is 0 Å². The van der Waals surface area contributed by atoms with Crippen molar-refractivity contribution in [3.05, 3.63) is 52.3 Å². The quantitative estimate of drug-likeness (QED) is 0.704. The lowest BCUT2D eigenvalue weighted by Crippen LogP contribution is -2.44. The van der Waals surface area contributed by atoms with Gasteiger partial charge in [0.1, 0.15) is 17.7 Å². The summed E-state index contributed by atoms with van der Waals surface area (Å²) in [5.74, 6) is -2.08. The number of nitrogens with zero attached hydrogens (tertiary/aromatic N) is 3. The Morgan fingerprint density at radius 3 is 2.50 bits per heavy atom. The summed E-state index contributed by atoms with van der Waals surface area (Å²) in [7, 11) is -3.73. The Hall–Kier alpha value is -1.65. The third-order valence-corrected chi connectivity index (χ3v) is 6.10. The molecule has 1 aromatic carbocycles. The summed E-state index contributed by atoms with van der Waals surface area (Å²) in [6.07, 6.45) is 3.97. The summed E-state index contributed by atoms with van der Waals surface area (Å²) in [6.45, 7) is 0.473. The summed E-state index contributed by atoms with van der Waals surface area (Å²) in [6, 6.07) is 2.92. The molecule has 0 bridgehead atoms. The standard InChI is InChI=1S/C16H16BrF2N3O3S/c17-12-7-20-16(21-8-12)25-15-2-1-3-22(9-15)26(23,24)10-11-4-13(18)6-14(19)5-11/h4-8,15H,1-3,9-10H2. The maximum atomic E-state index is 13.3. The molecule has 1 atom stereocenters. The smallest absolute Gasteiger partial charge is 0.316 e. The van der Waals surface area contributed by atoms with Crippen LogP contribution in [0.1, 0.15) is 18.4 Å². The Bertz CT molecular complexity index is 861. The van der Waals surface area contributed by atoms with Crippen molar-refractivity contribution in [2.45, 2.75) is 24.7 Å². The number of hydrogen-bond acceptors (Lipinski definition) is 5. The van der Waals surface area contributed by atoms with Gasteiger partial charge in [-0.2, -0.15) is 4.31 Å². The lowest BCUT2D eigenvalue weighted by Gasteiger charge is -2.31. The van der Waals surface area contributed by atoms with E-state index in [9.17, 15) is 17.2 Å². The fraction of sp³-hybridized carbons (Fsp3) is 0.375. The van der Waals surface area contributed by atoms with Gasteiger partial charge in [0, 0.05) is 25.0 Å². The Labute approximate surface area is 158 Å². The average Bonchev–Trinajstić information content (AvgIpc) is 2.56. The summed E-state index contributed by atoms with van der Waals surface area (Å²) >= 11 is 3.23. The van der Waals surface area contributed by atoms with Crippen molar-refractivity contribution in [3.63, 3.8) is 0 Å². The number of ether oxygens (including phenoxy) is 1. The molecule has 1 saturated heterocycles. The van der Waals surface area contributed by atoms with Crippen LogP contribution in [0.25, 0.3) is 0 Å². The van der Waals surface area contributed by atoms with Gasteiger partial charge in [-0.1, -0.05) is 0 Å². The van der Waals surface area contributed by atoms with E-state index in [1.54, 1.807) is 0 Å². The molecule has 1 aromatic heterocycles. The van der Waals surface area contributed by atoms with Crippen LogP contribution in [-0.2, 0) is 15.8 Å². The van der Waals surface area contributed by atoms with Gasteiger partial charge >= 0.3 is 6.01 Å². The molecule has 1 aliphatic heterocycles. The molecule has 0 radical (unpaired) electrons. The van der Waals surface area contributed by atoms with Gasteiger partial charge in [0.15, 0.2) is 0 Å². The highest BCUT2D eigenvalue weighted by Gasteiger charge is 2.30. The van der Waals surface area contributed by atoms with Gasteiger partial charge < -0.3 is 4.74 Å². The number of piperidine rings is 1. The minimum Gasteiger partial charge on any atom is -0.459 e. The predicted octanol–water partition coefficient (Wildman–Crippen LogP) is 2.89. The molecule has 1 aliphatic rings. The number of benzene rings is 1. The second kappa shape index (κ2) is 7.93. The van der Waals surface area contributed by atoms with Gasteiger partial charge in [-0.05, 0) is 46.5 Å². The van der Waals surface area contributed by atoms with Crippen LogP contribution in [0.5, 0.6) is 6.01 Å². The molecule has 0 amide bonds. The fourth-order valence-corrected chi connectivity index (χ4v) is 4.54. The predicted molar refractivity (Wildman–Crippen MR) is 93.9 cm³/mol. The first-order valence-corrected chi connectivity index (χ1v) is 10.3. The van der Waals surface area contributed by atoms with E-state index < -0.39 is 27.4 Å². The van der Waals surface area contributed by atoms with Gasteiger partial charge in [-0.3, -0.25) is 0 Å². The minimum atomic E-state index is -3.73. The molecule has 10 heteroatoms. The molecule has 2 aromatic rings. The van der Waals surface area contributed by atoms with Crippen molar-refractivity contribution < 1.29 is 21.9 Å². The third kappa shape index (κ3) is 4.95. The van der Waals surface area contributed by atoms with Crippen molar-refractivity contribution in [2.75, 3.05) is 13.1 Å². The lowest BCUT2D eigenvalue weighted by molar-refractivity contribution is 0.119. The van der Waals surface area contributed by atoms with Gasteiger partial charge in [-0.15, -0.1) is 0 Å². The molecular weight excluding hydrogens is 432 g/mol. The number of halogens is 3. The fourth-order valence-electron chi connectivity index (χ4n) is 2.76. The van der Waals surface area contributed by atoms with Gasteiger partial charge in [0.05, 0.1) is 16.8 Å². The Morgan fingerprint density at radius 1 is 1.19 bits per heavy atom. The van der Waals surface area contributed by atoms with Crippen LogP contribution >= 0.6 is 15.9 Å². The second-order valence-electron chi connectivity index (χ2n) is 5.96. The van der Waals surface area contributed by atoms with Crippen LogP contribution in [0.3, 0.4) is 0 Å². The first-order chi connectivity index (χ1) is 12.3. The van der Waals surface area contributed by atoms with E-state index in [-0.39, 0.29) is 24.2 Å². The van der Waals surface area contributed by atoms with Crippen LogP contribution < -0.4 is 4.74 Å². The third-order valence-electron chi connectivity index (χ3n) is 3.87. The molecule has 0 aliphatic carbocycles. The molecule has 0 spiro atoms. The maximum absolute atomic E-state index is 13.3. The molecule has 6 nitrogen and oxygen atoms in total. The summed E-state index contributed by atoms with van der Waals surface area (Å²) in [5.41, 5.74) is 0.0711. The minimum absolute atomic E-state index is 0.0711. The van der Waals surface area contributed by atoms with Gasteiger partial charge in [0.25, 0.3) is 0 Å². The second-order valence-corrected chi connectivity index (χ2v) is 8.84. The molecule has 140 valence electrons. The SMILES string of the molecule is O=S(=O)(Cc1cc(F)cc(F)c1)N1CCCC(Oc2ncc(Br)cn2)C1. The van der Waals surface area contributed by atoms with E-state index in [0.717, 1.165) is 12.1 Å². The van der Waals surface area contributed by atoms with E-state index in [2.05, 4.69) is 25.9 Å². The highest BCUT2D eigenvalue weighted by Crippen LogP contribution is 2.21. The van der Waals surface area contributed by atoms with Gasteiger partial charge in [-0.25, -0.2) is 27.2 Å². The Balaban J connectivity index is 1.68. The van der Waals surface area contributed by atoms with E-state index in [0.29, 0.717) is 29.9 Å². The van der Waals surface area contributed by atoms with Crippen LogP contribution in [0, 0.1) is 11.6 Å². The Kier molecular flexibility index (Phi) is 5.83. The molecule has 2 heterocycles. The maximum Gasteiger partial charge on any atom is 0.316 e. The molecule has 0 N–H and O–H groups in total. The van der Waals surface area contributed by atoms with E-state index in [1.165, 1.54) is 16.7 Å². The average molecular weight is 448 g/mol. The zero-order valence-electron chi connectivity index (χ0n) is 13.6. The number of rotatable bonds is 5. The van der Waals surface area contributed by atoms with Crippen LogP contribution in [-0.4, -0.2) is 41.9 Å². The van der Waals surface area contributed by atoms with E-state index >= 15 is 0 Å².